The predicted octanol–water partition coefficient (Wildman–Crippen LogP) is 3.17. The molecule has 1 N–H and O–H groups in total. The maximum absolute atomic E-state index is 5.60. The highest BCUT2D eigenvalue weighted by Crippen LogP contribution is 2.35. The van der Waals surface area contributed by atoms with Crippen LogP contribution < -0.4 is 10.1 Å². The maximum Gasteiger partial charge on any atom is 0.124 e. The van der Waals surface area contributed by atoms with Crippen LogP contribution >= 0.6 is 11.5 Å². The van der Waals surface area contributed by atoms with E-state index in [2.05, 4.69) is 47.8 Å². The molecular formula is C15H21N3OS. The molecule has 108 valence electrons. The Balaban J connectivity index is 2.58. The van der Waals surface area contributed by atoms with Crippen LogP contribution in [0.15, 0.2) is 12.1 Å². The number of nitrogens with one attached hydrogen (secondary N) is 1. The van der Waals surface area contributed by atoms with Gasteiger partial charge in [0.15, 0.2) is 0 Å². The molecule has 1 unspecified atom stereocenters. The highest BCUT2D eigenvalue weighted by Gasteiger charge is 2.23. The van der Waals surface area contributed by atoms with Crippen molar-refractivity contribution in [2.24, 2.45) is 0 Å². The van der Waals surface area contributed by atoms with Gasteiger partial charge in [-0.25, -0.2) is 0 Å². The first kappa shape index (κ1) is 14.9. The number of ether oxygens (including phenoxy) is 1. The Morgan fingerprint density at radius 2 is 2.05 bits per heavy atom. The zero-order chi connectivity index (χ0) is 14.7. The Morgan fingerprint density at radius 1 is 1.30 bits per heavy atom. The minimum Gasteiger partial charge on any atom is -0.496 e. The highest BCUT2D eigenvalue weighted by molar-refractivity contribution is 7.05. The monoisotopic (exact) mass is 291 g/mol. The minimum atomic E-state index is 0.0792. The van der Waals surface area contributed by atoms with Crippen LogP contribution in [0, 0.1) is 20.8 Å². The average Bonchev–Trinajstić information content (AvgIpc) is 2.82. The van der Waals surface area contributed by atoms with Crippen molar-refractivity contribution in [3.05, 3.63) is 39.4 Å². The first-order chi connectivity index (χ1) is 9.58. The summed E-state index contributed by atoms with van der Waals surface area (Å²) in [5.41, 5.74) is 4.58. The third-order valence-corrected chi connectivity index (χ3v) is 4.25. The number of aromatic nitrogens is 2. The summed E-state index contributed by atoms with van der Waals surface area (Å²) >= 11 is 1.45. The van der Waals surface area contributed by atoms with E-state index < -0.39 is 0 Å². The molecule has 2 rings (SSSR count). The van der Waals surface area contributed by atoms with Gasteiger partial charge in [0, 0.05) is 5.56 Å². The lowest BCUT2D eigenvalue weighted by atomic mass is 9.96. The molecule has 20 heavy (non-hydrogen) atoms. The van der Waals surface area contributed by atoms with Crippen LogP contribution in [0.25, 0.3) is 0 Å². The number of rotatable bonds is 5. The topological polar surface area (TPSA) is 47.0 Å². The second-order valence-electron chi connectivity index (χ2n) is 4.91. The van der Waals surface area contributed by atoms with Gasteiger partial charge in [-0.05, 0) is 56.0 Å². The standard InChI is InChI=1S/C15H21N3OS/c1-6-16-14(15-11(4)17-18-20-15)13-10(3)7-9(2)8-12(13)19-5/h7-8,14,16H,6H2,1-5H3. The summed E-state index contributed by atoms with van der Waals surface area (Å²) in [7, 11) is 1.72. The van der Waals surface area contributed by atoms with Crippen molar-refractivity contribution >= 4 is 11.5 Å². The van der Waals surface area contributed by atoms with Crippen LogP contribution in [0.3, 0.4) is 0 Å². The normalized spacial score (nSPS) is 12.4. The molecule has 0 saturated carbocycles. The molecule has 1 aromatic carbocycles. The SMILES string of the molecule is CCNC(c1snnc1C)c1c(C)cc(C)cc1OC. The Morgan fingerprint density at radius 3 is 2.60 bits per heavy atom. The fraction of sp³-hybridized carbons (Fsp3) is 0.467. The highest BCUT2D eigenvalue weighted by atomic mass is 32.1. The zero-order valence-corrected chi connectivity index (χ0v) is 13.5. The fourth-order valence-corrected chi connectivity index (χ4v) is 3.24. The van der Waals surface area contributed by atoms with E-state index in [1.807, 2.05) is 6.92 Å². The quantitative estimate of drug-likeness (QED) is 0.919. The Hall–Kier alpha value is -1.46. The first-order valence-electron chi connectivity index (χ1n) is 6.75. The van der Waals surface area contributed by atoms with Gasteiger partial charge in [-0.15, -0.1) is 5.10 Å². The summed E-state index contributed by atoms with van der Waals surface area (Å²) in [6.07, 6.45) is 0. The first-order valence-corrected chi connectivity index (χ1v) is 7.53. The molecule has 5 heteroatoms. The average molecular weight is 291 g/mol. The summed E-state index contributed by atoms with van der Waals surface area (Å²) in [6.45, 7) is 9.19. The van der Waals surface area contributed by atoms with Crippen LogP contribution in [0.5, 0.6) is 5.75 Å². The van der Waals surface area contributed by atoms with Gasteiger partial charge in [0.25, 0.3) is 0 Å². The molecular weight excluding hydrogens is 270 g/mol. The molecule has 0 aliphatic rings. The molecule has 4 nitrogen and oxygen atoms in total. The van der Waals surface area contributed by atoms with Crippen LogP contribution in [0.4, 0.5) is 0 Å². The molecule has 2 aromatic rings. The maximum atomic E-state index is 5.60. The number of hydrogen-bond acceptors (Lipinski definition) is 5. The van der Waals surface area contributed by atoms with Gasteiger partial charge < -0.3 is 10.1 Å². The summed E-state index contributed by atoms with van der Waals surface area (Å²) in [4.78, 5) is 1.15. The van der Waals surface area contributed by atoms with Crippen molar-refractivity contribution in [2.45, 2.75) is 33.7 Å². The van der Waals surface area contributed by atoms with Crippen LogP contribution in [0.1, 0.15) is 40.2 Å². The fourth-order valence-electron chi connectivity index (χ4n) is 2.51. The van der Waals surface area contributed by atoms with Crippen molar-refractivity contribution in [3.63, 3.8) is 0 Å². The van der Waals surface area contributed by atoms with Crippen LogP contribution in [0.2, 0.25) is 0 Å². The molecule has 0 aliphatic carbocycles. The predicted molar refractivity (Wildman–Crippen MR) is 82.6 cm³/mol. The van der Waals surface area contributed by atoms with E-state index in [0.29, 0.717) is 0 Å². The van der Waals surface area contributed by atoms with Gasteiger partial charge >= 0.3 is 0 Å². The third-order valence-electron chi connectivity index (χ3n) is 3.36. The smallest absolute Gasteiger partial charge is 0.124 e. The molecule has 1 atom stereocenters. The van der Waals surface area contributed by atoms with Crippen molar-refractivity contribution in [1.82, 2.24) is 14.9 Å². The second kappa shape index (κ2) is 6.33. The lowest BCUT2D eigenvalue weighted by Gasteiger charge is -2.22. The number of nitrogens with zero attached hydrogens (tertiary/aromatic N) is 2. The van der Waals surface area contributed by atoms with E-state index in [9.17, 15) is 0 Å². The molecule has 0 fully saturated rings. The molecule has 0 radical (unpaired) electrons. The molecule has 0 amide bonds. The lowest BCUT2D eigenvalue weighted by Crippen LogP contribution is -2.23. The van der Waals surface area contributed by atoms with E-state index >= 15 is 0 Å². The van der Waals surface area contributed by atoms with Gasteiger partial charge in [0.2, 0.25) is 0 Å². The summed E-state index contributed by atoms with van der Waals surface area (Å²) in [5.74, 6) is 0.918. The molecule has 0 saturated heterocycles. The number of aryl methyl sites for hydroxylation is 3. The van der Waals surface area contributed by atoms with Gasteiger partial charge in [-0.3, -0.25) is 0 Å². The van der Waals surface area contributed by atoms with Crippen LogP contribution in [-0.4, -0.2) is 23.2 Å². The van der Waals surface area contributed by atoms with Gasteiger partial charge in [0.1, 0.15) is 5.75 Å². The Kier molecular flexibility index (Phi) is 4.73. The van der Waals surface area contributed by atoms with E-state index in [1.54, 1.807) is 7.11 Å². The molecule has 1 aromatic heterocycles. The Bertz CT molecular complexity index is 595. The van der Waals surface area contributed by atoms with Crippen molar-refractivity contribution in [1.29, 1.82) is 0 Å². The van der Waals surface area contributed by atoms with Crippen molar-refractivity contribution < 1.29 is 4.74 Å². The Labute approximate surface area is 124 Å². The second-order valence-corrected chi connectivity index (χ2v) is 5.70. The molecule has 1 heterocycles. The van der Waals surface area contributed by atoms with Crippen molar-refractivity contribution in [2.75, 3.05) is 13.7 Å². The van der Waals surface area contributed by atoms with Gasteiger partial charge in [-0.2, -0.15) is 0 Å². The molecule has 0 aliphatic heterocycles. The largest absolute Gasteiger partial charge is 0.496 e. The van der Waals surface area contributed by atoms with Crippen molar-refractivity contribution in [3.8, 4) is 5.75 Å². The van der Waals surface area contributed by atoms with E-state index in [0.717, 1.165) is 22.9 Å². The number of methoxy groups -OCH3 is 1. The number of benzene rings is 1. The zero-order valence-electron chi connectivity index (χ0n) is 12.7. The van der Waals surface area contributed by atoms with Gasteiger partial charge in [-0.1, -0.05) is 17.5 Å². The minimum absolute atomic E-state index is 0.0792. The summed E-state index contributed by atoms with van der Waals surface area (Å²) < 4.78 is 9.66. The molecule has 0 spiro atoms. The lowest BCUT2D eigenvalue weighted by molar-refractivity contribution is 0.403. The summed E-state index contributed by atoms with van der Waals surface area (Å²) in [6, 6.07) is 4.35. The van der Waals surface area contributed by atoms with Crippen LogP contribution in [-0.2, 0) is 0 Å². The van der Waals surface area contributed by atoms with E-state index in [4.69, 9.17) is 4.74 Å². The van der Waals surface area contributed by atoms with Gasteiger partial charge in [0.05, 0.1) is 23.7 Å². The number of hydrogen-bond donors (Lipinski definition) is 1. The third kappa shape index (κ3) is 2.83. The van der Waals surface area contributed by atoms with E-state index in [-0.39, 0.29) is 6.04 Å². The molecule has 0 bridgehead atoms. The summed E-state index contributed by atoms with van der Waals surface area (Å²) in [5, 5.41) is 7.66. The van der Waals surface area contributed by atoms with E-state index in [1.165, 1.54) is 28.2 Å².